The van der Waals surface area contributed by atoms with Crippen LogP contribution in [0.3, 0.4) is 0 Å². The number of aryl methyl sites for hydroxylation is 1. The van der Waals surface area contributed by atoms with Gasteiger partial charge in [0.05, 0.1) is 31.0 Å². The zero-order valence-corrected chi connectivity index (χ0v) is 18.3. The zero-order chi connectivity index (χ0) is 20.3. The van der Waals surface area contributed by atoms with Gasteiger partial charge in [-0.1, -0.05) is 6.92 Å². The van der Waals surface area contributed by atoms with Crippen LogP contribution in [0.4, 0.5) is 0 Å². The fourth-order valence-corrected chi connectivity index (χ4v) is 3.99. The van der Waals surface area contributed by atoms with Crippen molar-refractivity contribution in [3.63, 3.8) is 0 Å². The van der Waals surface area contributed by atoms with Crippen LogP contribution in [0.5, 0.6) is 0 Å². The highest BCUT2D eigenvalue weighted by Gasteiger charge is 2.11. The summed E-state index contributed by atoms with van der Waals surface area (Å²) >= 11 is 1.75. The van der Waals surface area contributed by atoms with Crippen molar-refractivity contribution >= 4 is 17.3 Å². The van der Waals surface area contributed by atoms with Gasteiger partial charge in [0, 0.05) is 49.6 Å². The SMILES string of the molecule is Cc1cnc(C(C)CN=C(NCCCN2CCOCC2)NCCc2ccco2)s1. The first-order valence-corrected chi connectivity index (χ1v) is 11.3. The number of guanidine groups is 1. The van der Waals surface area contributed by atoms with Crippen molar-refractivity contribution in [3.05, 3.63) is 40.2 Å². The maximum Gasteiger partial charge on any atom is 0.191 e. The maximum absolute atomic E-state index is 5.42. The molecule has 7 nitrogen and oxygen atoms in total. The van der Waals surface area contributed by atoms with Gasteiger partial charge < -0.3 is 19.8 Å². The Balaban J connectivity index is 1.46. The number of nitrogens with zero attached hydrogens (tertiary/aromatic N) is 3. The van der Waals surface area contributed by atoms with Crippen LogP contribution in [0.25, 0.3) is 0 Å². The van der Waals surface area contributed by atoms with Crippen molar-refractivity contribution in [2.75, 3.05) is 52.5 Å². The lowest BCUT2D eigenvalue weighted by atomic mass is 10.2. The predicted octanol–water partition coefficient (Wildman–Crippen LogP) is 2.65. The second kappa shape index (κ2) is 11.9. The summed E-state index contributed by atoms with van der Waals surface area (Å²) in [5, 5.41) is 8.07. The molecule has 8 heteroatoms. The van der Waals surface area contributed by atoms with E-state index in [1.54, 1.807) is 17.6 Å². The van der Waals surface area contributed by atoms with Gasteiger partial charge in [0.1, 0.15) is 5.76 Å². The van der Waals surface area contributed by atoms with E-state index in [-0.39, 0.29) is 0 Å². The molecule has 0 amide bonds. The van der Waals surface area contributed by atoms with Gasteiger partial charge in [-0.2, -0.15) is 0 Å². The highest BCUT2D eigenvalue weighted by Crippen LogP contribution is 2.21. The van der Waals surface area contributed by atoms with Crippen LogP contribution in [0.2, 0.25) is 0 Å². The fourth-order valence-electron chi connectivity index (χ4n) is 3.17. The zero-order valence-electron chi connectivity index (χ0n) is 17.5. The average molecular weight is 420 g/mol. The lowest BCUT2D eigenvalue weighted by molar-refractivity contribution is 0.0376. The minimum atomic E-state index is 0.311. The van der Waals surface area contributed by atoms with E-state index in [2.05, 4.69) is 34.4 Å². The van der Waals surface area contributed by atoms with E-state index in [9.17, 15) is 0 Å². The Hall–Kier alpha value is -1.90. The van der Waals surface area contributed by atoms with E-state index in [0.717, 1.165) is 75.5 Å². The summed E-state index contributed by atoms with van der Waals surface area (Å²) in [6, 6.07) is 3.92. The van der Waals surface area contributed by atoms with Gasteiger partial charge in [-0.05, 0) is 32.0 Å². The van der Waals surface area contributed by atoms with E-state index in [1.165, 1.54) is 4.88 Å². The van der Waals surface area contributed by atoms with Gasteiger partial charge in [-0.15, -0.1) is 11.3 Å². The number of morpholine rings is 1. The van der Waals surface area contributed by atoms with Crippen LogP contribution in [-0.4, -0.2) is 68.3 Å². The topological polar surface area (TPSA) is 74.9 Å². The summed E-state index contributed by atoms with van der Waals surface area (Å²) in [5.74, 6) is 2.15. The number of ether oxygens (including phenoxy) is 1. The van der Waals surface area contributed by atoms with Gasteiger partial charge in [-0.25, -0.2) is 4.98 Å². The quantitative estimate of drug-likeness (QED) is 0.350. The number of furan rings is 1. The summed E-state index contributed by atoms with van der Waals surface area (Å²) in [4.78, 5) is 13.0. The van der Waals surface area contributed by atoms with Gasteiger partial charge in [0.15, 0.2) is 5.96 Å². The molecule has 29 heavy (non-hydrogen) atoms. The fraction of sp³-hybridized carbons (Fsp3) is 0.619. The number of rotatable bonds is 10. The molecule has 0 bridgehead atoms. The van der Waals surface area contributed by atoms with Crippen molar-refractivity contribution in [1.82, 2.24) is 20.5 Å². The van der Waals surface area contributed by atoms with Crippen molar-refractivity contribution in [2.24, 2.45) is 4.99 Å². The molecule has 0 aromatic carbocycles. The van der Waals surface area contributed by atoms with Crippen molar-refractivity contribution < 1.29 is 9.15 Å². The monoisotopic (exact) mass is 419 g/mol. The molecule has 0 radical (unpaired) electrons. The van der Waals surface area contributed by atoms with E-state index in [1.807, 2.05) is 18.3 Å². The molecule has 0 saturated carbocycles. The highest BCUT2D eigenvalue weighted by molar-refractivity contribution is 7.11. The first kappa shape index (κ1) is 21.8. The highest BCUT2D eigenvalue weighted by atomic mass is 32.1. The van der Waals surface area contributed by atoms with E-state index in [0.29, 0.717) is 12.5 Å². The standard InChI is InChI=1S/C21H33N5O2S/c1-17(20-24-16-18(2)29-20)15-25-21(23-8-6-19-5-3-12-28-19)22-7-4-9-26-10-13-27-14-11-26/h3,5,12,16-17H,4,6-11,13-15H2,1-2H3,(H2,22,23,25). The molecule has 3 rings (SSSR count). The molecule has 1 unspecified atom stereocenters. The second-order valence-corrected chi connectivity index (χ2v) is 8.66. The summed E-state index contributed by atoms with van der Waals surface area (Å²) in [6.45, 7) is 11.5. The Morgan fingerprint density at radius 1 is 1.31 bits per heavy atom. The van der Waals surface area contributed by atoms with Crippen molar-refractivity contribution in [1.29, 1.82) is 0 Å². The number of aliphatic imine (C=N–C) groups is 1. The third-order valence-electron chi connectivity index (χ3n) is 4.88. The first-order chi connectivity index (χ1) is 14.2. The lowest BCUT2D eigenvalue weighted by Crippen LogP contribution is -2.41. The summed E-state index contributed by atoms with van der Waals surface area (Å²) < 4.78 is 10.8. The summed E-state index contributed by atoms with van der Waals surface area (Å²) in [6.07, 6.45) is 5.57. The third kappa shape index (κ3) is 7.79. The van der Waals surface area contributed by atoms with Crippen LogP contribution >= 0.6 is 11.3 Å². The summed E-state index contributed by atoms with van der Waals surface area (Å²) in [7, 11) is 0. The van der Waals surface area contributed by atoms with Crippen LogP contribution in [0, 0.1) is 6.92 Å². The second-order valence-electron chi connectivity index (χ2n) is 7.39. The van der Waals surface area contributed by atoms with E-state index in [4.69, 9.17) is 14.1 Å². The van der Waals surface area contributed by atoms with E-state index >= 15 is 0 Å². The molecule has 1 aliphatic rings. The Morgan fingerprint density at radius 3 is 2.86 bits per heavy atom. The maximum atomic E-state index is 5.42. The Bertz CT molecular complexity index is 725. The number of hydrogen-bond acceptors (Lipinski definition) is 6. The number of nitrogens with one attached hydrogen (secondary N) is 2. The van der Waals surface area contributed by atoms with E-state index < -0.39 is 0 Å². The molecule has 1 saturated heterocycles. The molecular formula is C21H33N5O2S. The van der Waals surface area contributed by atoms with Crippen molar-refractivity contribution in [2.45, 2.75) is 32.6 Å². The Kier molecular flexibility index (Phi) is 8.98. The van der Waals surface area contributed by atoms with Gasteiger partial charge in [0.2, 0.25) is 0 Å². The lowest BCUT2D eigenvalue weighted by Gasteiger charge is -2.26. The van der Waals surface area contributed by atoms with Crippen LogP contribution < -0.4 is 10.6 Å². The largest absolute Gasteiger partial charge is 0.469 e. The van der Waals surface area contributed by atoms with Crippen molar-refractivity contribution in [3.8, 4) is 0 Å². The molecule has 2 aromatic rings. The van der Waals surface area contributed by atoms with Crippen LogP contribution in [0.15, 0.2) is 34.0 Å². The van der Waals surface area contributed by atoms with Gasteiger partial charge in [0.25, 0.3) is 0 Å². The predicted molar refractivity (Wildman–Crippen MR) is 118 cm³/mol. The Labute approximate surface area is 177 Å². The Morgan fingerprint density at radius 2 is 2.14 bits per heavy atom. The molecule has 0 aliphatic carbocycles. The summed E-state index contributed by atoms with van der Waals surface area (Å²) in [5.41, 5.74) is 0. The molecule has 1 atom stereocenters. The molecule has 2 N–H and O–H groups in total. The van der Waals surface area contributed by atoms with Gasteiger partial charge >= 0.3 is 0 Å². The number of aromatic nitrogens is 1. The molecule has 1 aliphatic heterocycles. The molecule has 3 heterocycles. The molecule has 160 valence electrons. The smallest absolute Gasteiger partial charge is 0.191 e. The third-order valence-corrected chi connectivity index (χ3v) is 6.02. The minimum Gasteiger partial charge on any atom is -0.469 e. The number of thiazole rings is 1. The molecule has 2 aromatic heterocycles. The van der Waals surface area contributed by atoms with Crippen LogP contribution in [-0.2, 0) is 11.2 Å². The molecular weight excluding hydrogens is 386 g/mol. The van der Waals surface area contributed by atoms with Gasteiger partial charge in [-0.3, -0.25) is 9.89 Å². The molecule has 1 fully saturated rings. The van der Waals surface area contributed by atoms with Crippen LogP contribution in [0.1, 0.15) is 34.9 Å². The minimum absolute atomic E-state index is 0.311. The first-order valence-electron chi connectivity index (χ1n) is 10.5. The molecule has 0 spiro atoms. The number of hydrogen-bond donors (Lipinski definition) is 2. The average Bonchev–Trinajstić information content (AvgIpc) is 3.41. The normalized spacial score (nSPS) is 16.7.